The minimum atomic E-state index is -3.70. The van der Waals surface area contributed by atoms with Crippen LogP contribution in [0.15, 0.2) is 52.9 Å². The van der Waals surface area contributed by atoms with Gasteiger partial charge in [-0.15, -0.1) is 0 Å². The second-order valence-electron chi connectivity index (χ2n) is 9.42. The van der Waals surface area contributed by atoms with Crippen LogP contribution < -0.4 is 10.0 Å². The predicted octanol–water partition coefficient (Wildman–Crippen LogP) is 0.773. The van der Waals surface area contributed by atoms with Crippen molar-refractivity contribution in [2.24, 2.45) is 0 Å². The van der Waals surface area contributed by atoms with Crippen molar-refractivity contribution in [1.82, 2.24) is 9.21 Å². The fourth-order valence-corrected chi connectivity index (χ4v) is 5.89. The number of ketones is 1. The molecule has 12 heteroatoms. The number of hydrogen-bond acceptors (Lipinski definition) is 6. The van der Waals surface area contributed by atoms with Crippen molar-refractivity contribution in [1.29, 1.82) is 0 Å². The zero-order chi connectivity index (χ0) is 27.6. The number of benzene rings is 2. The lowest BCUT2D eigenvalue weighted by molar-refractivity contribution is -0.908. The second kappa shape index (κ2) is 11.7. The van der Waals surface area contributed by atoms with Crippen LogP contribution in [-0.4, -0.2) is 82.8 Å². The first-order chi connectivity index (χ1) is 18.0. The van der Waals surface area contributed by atoms with E-state index in [-0.39, 0.29) is 27.6 Å². The van der Waals surface area contributed by atoms with E-state index in [9.17, 15) is 23.1 Å². The van der Waals surface area contributed by atoms with E-state index in [0.717, 1.165) is 23.9 Å². The van der Waals surface area contributed by atoms with Gasteiger partial charge in [0.25, 0.3) is 5.91 Å². The maximum atomic E-state index is 13.6. The summed E-state index contributed by atoms with van der Waals surface area (Å²) >= 11 is 12.4. The van der Waals surface area contributed by atoms with E-state index in [1.807, 2.05) is 0 Å². The first-order valence-electron chi connectivity index (χ1n) is 12.2. The van der Waals surface area contributed by atoms with Gasteiger partial charge in [0.05, 0.1) is 40.7 Å². The van der Waals surface area contributed by atoms with Gasteiger partial charge in [0.15, 0.2) is 0 Å². The number of sulfonamides is 1. The van der Waals surface area contributed by atoms with E-state index in [0.29, 0.717) is 30.2 Å². The van der Waals surface area contributed by atoms with Crippen molar-refractivity contribution in [2.45, 2.75) is 17.4 Å². The summed E-state index contributed by atoms with van der Waals surface area (Å²) in [5, 5.41) is 14.2. The summed E-state index contributed by atoms with van der Waals surface area (Å²) in [6, 6.07) is 9.13. The standard InChI is InChI=1S/C26H29Cl2N3O6S/c1-29(2)38(35,36)19-7-4-17(5-8-19)24(32)22-23(18-6-9-20(27)21(28)16-18)31(26(34)25(22)33)11-3-10-30-12-14-37-15-13-30/h4-9,16,23,32H,3,10-15H2,1-2H3. The maximum Gasteiger partial charge on any atom is 0.295 e. The van der Waals surface area contributed by atoms with Crippen LogP contribution in [0.1, 0.15) is 23.6 Å². The van der Waals surface area contributed by atoms with Crippen molar-refractivity contribution >= 4 is 50.7 Å². The molecule has 9 nitrogen and oxygen atoms in total. The molecule has 0 aromatic heterocycles. The number of hydrogen-bond donors (Lipinski definition) is 1. The Kier molecular flexibility index (Phi) is 8.81. The molecule has 204 valence electrons. The minimum Gasteiger partial charge on any atom is -0.872 e. The zero-order valence-corrected chi connectivity index (χ0v) is 23.4. The SMILES string of the molecule is CN(C)S(=O)(=O)c1ccc(C([O-])=C2C(=O)C(=O)N(CCC[NH+]3CCOCC3)C2c2ccc(Cl)c(Cl)c2)cc1. The third-order valence-corrected chi connectivity index (χ3v) is 9.38. The van der Waals surface area contributed by atoms with E-state index >= 15 is 0 Å². The van der Waals surface area contributed by atoms with E-state index in [1.54, 1.807) is 18.2 Å². The molecule has 1 atom stereocenters. The van der Waals surface area contributed by atoms with Crippen LogP contribution in [0.5, 0.6) is 0 Å². The molecule has 2 aromatic rings. The van der Waals surface area contributed by atoms with Gasteiger partial charge in [0.1, 0.15) is 13.1 Å². The summed E-state index contributed by atoms with van der Waals surface area (Å²) in [4.78, 5) is 29.2. The van der Waals surface area contributed by atoms with Crippen LogP contribution in [0.4, 0.5) is 0 Å². The van der Waals surface area contributed by atoms with Crippen LogP contribution in [-0.2, 0) is 24.3 Å². The monoisotopic (exact) mass is 581 g/mol. The average molecular weight is 583 g/mol. The van der Waals surface area contributed by atoms with Gasteiger partial charge in [-0.25, -0.2) is 12.7 Å². The predicted molar refractivity (Wildman–Crippen MR) is 141 cm³/mol. The van der Waals surface area contributed by atoms with E-state index in [2.05, 4.69) is 0 Å². The smallest absolute Gasteiger partial charge is 0.295 e. The molecule has 0 saturated carbocycles. The highest BCUT2D eigenvalue weighted by atomic mass is 35.5. The highest BCUT2D eigenvalue weighted by Gasteiger charge is 2.44. The number of carbonyl (C=O) groups excluding carboxylic acids is 2. The van der Waals surface area contributed by atoms with Gasteiger partial charge in [-0.1, -0.05) is 47.2 Å². The summed E-state index contributed by atoms with van der Waals surface area (Å²) in [5.41, 5.74) is 0.395. The average Bonchev–Trinajstić information content (AvgIpc) is 3.15. The molecule has 2 saturated heterocycles. The van der Waals surface area contributed by atoms with E-state index < -0.39 is 33.5 Å². The molecule has 2 heterocycles. The van der Waals surface area contributed by atoms with Gasteiger partial charge in [0, 0.05) is 32.6 Å². The van der Waals surface area contributed by atoms with Gasteiger partial charge in [-0.05, 0) is 35.4 Å². The van der Waals surface area contributed by atoms with Crippen molar-refractivity contribution in [3.05, 3.63) is 69.2 Å². The molecule has 2 aliphatic heterocycles. The number of ether oxygens (including phenoxy) is 1. The van der Waals surface area contributed by atoms with Crippen LogP contribution >= 0.6 is 23.2 Å². The molecule has 1 N–H and O–H groups in total. The Balaban J connectivity index is 1.71. The quantitative estimate of drug-likeness (QED) is 0.280. The van der Waals surface area contributed by atoms with Gasteiger partial charge in [-0.3, -0.25) is 9.59 Å². The summed E-state index contributed by atoms with van der Waals surface area (Å²) < 4.78 is 31.3. The lowest BCUT2D eigenvalue weighted by atomic mass is 9.95. The number of amides is 1. The Morgan fingerprint density at radius 3 is 2.34 bits per heavy atom. The Morgan fingerprint density at radius 1 is 1.08 bits per heavy atom. The molecule has 0 spiro atoms. The summed E-state index contributed by atoms with van der Waals surface area (Å²) in [6.45, 7) is 4.18. The Bertz CT molecular complexity index is 1360. The molecule has 0 bridgehead atoms. The van der Waals surface area contributed by atoms with E-state index in [4.69, 9.17) is 27.9 Å². The van der Waals surface area contributed by atoms with Gasteiger partial charge >= 0.3 is 0 Å². The van der Waals surface area contributed by atoms with Crippen LogP contribution in [0.2, 0.25) is 10.0 Å². The third kappa shape index (κ3) is 5.75. The van der Waals surface area contributed by atoms with Crippen LogP contribution in [0.25, 0.3) is 5.76 Å². The molecule has 38 heavy (non-hydrogen) atoms. The molecule has 0 aliphatic carbocycles. The number of morpholine rings is 1. The number of likely N-dealkylation sites (tertiary alicyclic amines) is 1. The van der Waals surface area contributed by atoms with Crippen molar-refractivity contribution in [3.8, 4) is 0 Å². The number of rotatable bonds is 8. The molecule has 0 radical (unpaired) electrons. The van der Waals surface area contributed by atoms with Crippen LogP contribution in [0.3, 0.4) is 0 Å². The largest absolute Gasteiger partial charge is 0.872 e. The molecular weight excluding hydrogens is 553 g/mol. The highest BCUT2D eigenvalue weighted by molar-refractivity contribution is 7.89. The topological polar surface area (TPSA) is 111 Å². The molecule has 2 aromatic carbocycles. The normalized spacial score (nSPS) is 20.4. The Hall–Kier alpha value is -2.47. The molecule has 4 rings (SSSR count). The van der Waals surface area contributed by atoms with Crippen molar-refractivity contribution in [2.75, 3.05) is 53.5 Å². The summed E-state index contributed by atoms with van der Waals surface area (Å²) in [5.74, 6) is -2.28. The lowest BCUT2D eigenvalue weighted by Crippen LogP contribution is -3.14. The summed E-state index contributed by atoms with van der Waals surface area (Å²) in [6.07, 6.45) is 0.630. The fraction of sp³-hybridized carbons (Fsp3) is 0.385. The fourth-order valence-electron chi connectivity index (χ4n) is 4.68. The number of halogens is 2. The lowest BCUT2D eigenvalue weighted by Gasteiger charge is -2.29. The van der Waals surface area contributed by atoms with Crippen LogP contribution in [0, 0.1) is 0 Å². The Labute approximate surface area is 232 Å². The molecule has 1 amide bonds. The number of quaternary nitrogens is 1. The number of Topliss-reactive ketones (excluding diaryl/α,β-unsaturated/α-hetero) is 1. The maximum absolute atomic E-state index is 13.6. The molecular formula is C26H29Cl2N3O6S. The zero-order valence-electron chi connectivity index (χ0n) is 21.1. The number of carbonyl (C=O) groups is 2. The Morgan fingerprint density at radius 2 is 1.74 bits per heavy atom. The second-order valence-corrected chi connectivity index (χ2v) is 12.4. The number of nitrogens with zero attached hydrogens (tertiary/aromatic N) is 2. The minimum absolute atomic E-state index is 0.00569. The number of nitrogens with one attached hydrogen (secondary N) is 1. The van der Waals surface area contributed by atoms with Crippen molar-refractivity contribution < 1.29 is 32.8 Å². The summed E-state index contributed by atoms with van der Waals surface area (Å²) in [7, 11) is -0.886. The van der Waals surface area contributed by atoms with E-state index in [1.165, 1.54) is 48.2 Å². The van der Waals surface area contributed by atoms with Crippen molar-refractivity contribution in [3.63, 3.8) is 0 Å². The molecule has 2 aliphatic rings. The van der Waals surface area contributed by atoms with Gasteiger partial charge < -0.3 is 19.6 Å². The first-order valence-corrected chi connectivity index (χ1v) is 14.4. The van der Waals surface area contributed by atoms with Gasteiger partial charge in [-0.2, -0.15) is 0 Å². The highest BCUT2D eigenvalue weighted by Crippen LogP contribution is 2.40. The molecule has 2 fully saturated rings. The van der Waals surface area contributed by atoms with Gasteiger partial charge in [0.2, 0.25) is 15.8 Å². The molecule has 1 unspecified atom stereocenters. The third-order valence-electron chi connectivity index (χ3n) is 6.81. The first kappa shape index (κ1) is 28.5.